The molecule has 0 aliphatic carbocycles. The van der Waals surface area contributed by atoms with Crippen LogP contribution < -0.4 is 17.0 Å². The Morgan fingerprint density at radius 2 is 1.16 bits per heavy atom. The molecule has 0 amide bonds. The third-order valence-corrected chi connectivity index (χ3v) is 16.7. The average molecular weight is 1670 g/mol. The molecule has 3 radical (unpaired) electrons. The number of esters is 2. The molecule has 539 valence electrons. The smallest absolute Gasteiger partial charge is 1.00 e. The number of aromatic nitrogens is 9. The molecule has 0 atom stereocenters. The normalized spacial score (nSPS) is 10.8. The summed E-state index contributed by atoms with van der Waals surface area (Å²) < 4.78 is 80.0. The first-order chi connectivity index (χ1) is 48.2. The second kappa shape index (κ2) is 46.7. The van der Waals surface area contributed by atoms with Crippen molar-refractivity contribution in [1.29, 1.82) is 0 Å². The summed E-state index contributed by atoms with van der Waals surface area (Å²) in [5.74, 6) is -2.91. The van der Waals surface area contributed by atoms with E-state index in [1.54, 1.807) is 114 Å². The minimum absolute atomic E-state index is 0. The van der Waals surface area contributed by atoms with Gasteiger partial charge in [0.2, 0.25) is 5.82 Å². The van der Waals surface area contributed by atoms with Gasteiger partial charge in [0, 0.05) is 115 Å². The number of hydrogen-bond donors (Lipinski definition) is 2. The van der Waals surface area contributed by atoms with E-state index in [0.29, 0.717) is 40.9 Å². The Balaban J connectivity index is 0.000000331. The van der Waals surface area contributed by atoms with Crippen LogP contribution in [0.15, 0.2) is 197 Å². The summed E-state index contributed by atoms with van der Waals surface area (Å²) in [5.41, 5.74) is 3.37. The molecular weight excluding hydrogens is 1590 g/mol. The Kier molecular flexibility index (Phi) is 40.9. The molecule has 6 aromatic carbocycles. The van der Waals surface area contributed by atoms with Crippen LogP contribution in [0.1, 0.15) is 87.4 Å². The maximum absolute atomic E-state index is 15.1. The zero-order valence-electron chi connectivity index (χ0n) is 56.7. The van der Waals surface area contributed by atoms with Crippen LogP contribution in [0.2, 0.25) is 20.1 Å². The van der Waals surface area contributed by atoms with Crippen LogP contribution in [0.3, 0.4) is 0 Å². The molecule has 7 heterocycles. The summed E-state index contributed by atoms with van der Waals surface area (Å²) in [6, 6.07) is 31.6. The van der Waals surface area contributed by atoms with Crippen LogP contribution in [-0.4, -0.2) is 118 Å². The number of aromatic amines is 1. The van der Waals surface area contributed by atoms with E-state index in [4.69, 9.17) is 60.6 Å². The van der Waals surface area contributed by atoms with E-state index in [9.17, 15) is 32.9 Å². The molecule has 0 unspecified atom stereocenters. The van der Waals surface area contributed by atoms with Crippen LogP contribution in [0.25, 0.3) is 44.1 Å². The van der Waals surface area contributed by atoms with Crippen LogP contribution >= 0.6 is 86.7 Å². The zero-order chi connectivity index (χ0) is 72.8. The van der Waals surface area contributed by atoms with Crippen LogP contribution in [0.4, 0.5) is 23.2 Å². The van der Waals surface area contributed by atoms with E-state index in [1.807, 2.05) is 75.4 Å². The van der Waals surface area contributed by atoms with Gasteiger partial charge in [-0.2, -0.15) is 19.7 Å². The Hall–Kier alpha value is -7.02. The maximum Gasteiger partial charge on any atom is 2.00 e. The number of benzene rings is 6. The molecule has 6 aromatic heterocycles. The monoisotopic (exact) mass is 1660 g/mol. The average Bonchev–Trinajstić information content (AvgIpc) is 1.62. The number of H-pyrrole nitrogens is 1. The number of hydrogen-bond acceptors (Lipinski definition) is 12. The second-order valence-electron chi connectivity index (χ2n) is 21.0. The molecule has 1 fully saturated rings. The number of rotatable bonds is 15. The van der Waals surface area contributed by atoms with Gasteiger partial charge < -0.3 is 51.9 Å². The van der Waals surface area contributed by atoms with Crippen molar-refractivity contribution >= 4 is 169 Å². The van der Waals surface area contributed by atoms with Crippen LogP contribution in [0, 0.1) is 40.0 Å². The van der Waals surface area contributed by atoms with Gasteiger partial charge in [-0.3, -0.25) is 30.7 Å². The molecule has 0 bridgehead atoms. The van der Waals surface area contributed by atoms with Crippen molar-refractivity contribution in [2.45, 2.75) is 101 Å². The van der Waals surface area contributed by atoms with Gasteiger partial charge in [0.25, 0.3) is 0 Å². The summed E-state index contributed by atoms with van der Waals surface area (Å²) >= 11 is 31.6. The number of thiol groups is 1. The minimum Gasteiger partial charge on any atom is -1.00 e. The van der Waals surface area contributed by atoms with E-state index in [1.165, 1.54) is 36.7 Å². The predicted molar refractivity (Wildman–Crippen MR) is 408 cm³/mol. The van der Waals surface area contributed by atoms with Gasteiger partial charge in [0.1, 0.15) is 0 Å². The maximum atomic E-state index is 15.1. The fourth-order valence-electron chi connectivity index (χ4n) is 9.32. The van der Waals surface area contributed by atoms with Crippen molar-refractivity contribution in [2.24, 2.45) is 0 Å². The van der Waals surface area contributed by atoms with E-state index in [-0.39, 0.29) is 86.3 Å². The number of carbonyl (C=O) groups is 2. The summed E-state index contributed by atoms with van der Waals surface area (Å²) in [7, 11) is 0. The Labute approximate surface area is 661 Å². The first-order valence-corrected chi connectivity index (χ1v) is 34.8. The van der Waals surface area contributed by atoms with Crippen LogP contribution in [-0.2, 0) is 33.8 Å². The van der Waals surface area contributed by atoms with Gasteiger partial charge >= 0.3 is 40.7 Å². The van der Waals surface area contributed by atoms with Crippen molar-refractivity contribution in [3.8, 4) is 11.4 Å². The third-order valence-electron chi connectivity index (χ3n) is 13.8. The molecule has 1 aliphatic rings. The fraction of sp³-hybridized carbons (Fsp3) is 0.236. The van der Waals surface area contributed by atoms with E-state index in [2.05, 4.69) is 82.8 Å². The number of nitrogens with one attached hydrogen (secondary N) is 1. The number of carbonyl (C=O) groups excluding carboxylic acids is 2. The molecule has 12 aromatic rings. The van der Waals surface area contributed by atoms with E-state index >= 15 is 4.39 Å². The molecular formula is C72H72BBr2Cl4F4MgN10O7S2. The van der Waals surface area contributed by atoms with Gasteiger partial charge in [0.05, 0.1) is 100 Å². The van der Waals surface area contributed by atoms with Crippen molar-refractivity contribution in [3.63, 3.8) is 0 Å². The van der Waals surface area contributed by atoms with Crippen molar-refractivity contribution in [2.75, 3.05) is 26.4 Å². The van der Waals surface area contributed by atoms with Crippen LogP contribution in [0.5, 0.6) is 0 Å². The summed E-state index contributed by atoms with van der Waals surface area (Å²) in [6.45, 7) is 22.2. The Morgan fingerprint density at radius 3 is 1.68 bits per heavy atom. The van der Waals surface area contributed by atoms with E-state index in [0.717, 1.165) is 105 Å². The second-order valence-corrected chi connectivity index (χ2v) is 25.2. The van der Waals surface area contributed by atoms with Gasteiger partial charge in [-0.15, -0.1) is 12.6 Å². The molecule has 0 saturated carbocycles. The Bertz CT molecular complexity index is 4630. The molecule has 13 rings (SSSR count). The molecule has 0 spiro atoms. The number of halogens is 10. The molecule has 103 heavy (non-hydrogen) atoms. The summed E-state index contributed by atoms with van der Waals surface area (Å²) in [6.07, 6.45) is 22.1. The van der Waals surface area contributed by atoms with Crippen molar-refractivity contribution < 1.29 is 63.3 Å². The fourth-order valence-corrected chi connectivity index (χ4v) is 11.5. The minimum atomic E-state index is -0.987. The largest absolute Gasteiger partial charge is 2.00 e. The zero-order valence-corrected chi connectivity index (χ0v) is 66.1. The van der Waals surface area contributed by atoms with E-state index < -0.39 is 28.1 Å². The number of ether oxygens (including phenoxy) is 3. The van der Waals surface area contributed by atoms with Gasteiger partial charge in [-0.25, -0.2) is 22.8 Å². The molecule has 1 N–H and O–H groups in total. The van der Waals surface area contributed by atoms with Crippen molar-refractivity contribution in [3.05, 3.63) is 253 Å². The summed E-state index contributed by atoms with van der Waals surface area (Å²) in [4.78, 5) is 37.7. The third kappa shape index (κ3) is 26.5. The molecule has 31 heteroatoms. The SMILES string of the molecule is C1CCOC1.CCCn1cc(-n2cc(Sc3cccc(C(=O)OCC)c3)c3ccc(Cl)c(F)c32)cn1.CCCn1cc(-n2ccc3ccc(Cl)c(F)c32)cn1.CCCn1cc(Br)cn1.CCOC(=O)c1cccc(S)c1.Fc1c(Cl)ccc2cc[nH]c12.O=[N+]([O-])c1cccc(Cl)c1F.[B].[Br-].[CH-]=C.[Mg+2]. The number of fused-ring (bicyclic) bond motifs is 3. The van der Waals surface area contributed by atoms with Crippen molar-refractivity contribution in [1.82, 2.24) is 43.5 Å². The summed E-state index contributed by atoms with van der Waals surface area (Å²) in [5, 5.41) is 25.3. The standard InChI is InChI=1S/C23H21ClFN3O2S.C14H13ClFN3.C9H10O2S.C8H5ClFN.C6H9BrN2.C6H3ClFNO2.C4H8O.C2H3.B.BrH.Mg/c1-3-10-27-13-16(12-26-27)28-14-20(18-8-9-19(24)21(25)22(18)28)31-17-7-5-6-15(11-17)23(29)30-4-2;1-2-6-18-9-11(8-17-18)19-7-5-10-3-4-12(15)13(16)14(10)19;1-2-11-9(10)7-4-3-5-8(12)6-7;9-6-2-1-5-3-4-11-8(5)7(6)10;1-2-3-9-5-6(7)4-8-9;7-4-2-1-3-5(6(4)8)9(10)11;1-2-4-5-3-1;1-2;;;/h5-9,11-14H,3-4,10H2,1-2H3;3-5,7-9H,2,6H2,1H3;3-6,12H,2H2,1H3;1-4,11H;4-5H,2-3H2,1H3;1-3H;1-4H2;1H,2H2;;1H;/q;;;;;;;-1;;;+2/p-1. The quantitative estimate of drug-likeness (QED) is 0.0189. The first kappa shape index (κ1) is 90.2. The molecule has 1 saturated heterocycles. The topological polar surface area (TPSA) is 184 Å². The number of nitro benzene ring substituents is 1. The van der Waals surface area contributed by atoms with Gasteiger partial charge in [-0.1, -0.05) is 109 Å². The number of nitro groups is 1. The van der Waals surface area contributed by atoms with Gasteiger partial charge in [0.15, 0.2) is 17.5 Å². The first-order valence-electron chi connectivity index (χ1n) is 31.3. The Morgan fingerprint density at radius 1 is 0.650 bits per heavy atom. The molecule has 17 nitrogen and oxygen atoms in total. The van der Waals surface area contributed by atoms with Gasteiger partial charge in [-0.05, 0) is 141 Å². The number of nitrogens with zero attached hydrogens (tertiary/aromatic N) is 9. The predicted octanol–water partition coefficient (Wildman–Crippen LogP) is 17.6. The molecule has 1 aliphatic heterocycles. The number of aryl methyl sites for hydroxylation is 3.